The van der Waals surface area contributed by atoms with Gasteiger partial charge >= 0.3 is 0 Å². The minimum absolute atomic E-state index is 0.282. The highest BCUT2D eigenvalue weighted by atomic mass is 16.5. The summed E-state index contributed by atoms with van der Waals surface area (Å²) < 4.78 is 12.8. The van der Waals surface area contributed by atoms with Crippen LogP contribution in [0, 0.1) is 6.92 Å². The number of aliphatic hydroxyl groups is 1. The van der Waals surface area contributed by atoms with E-state index in [0.29, 0.717) is 17.1 Å². The van der Waals surface area contributed by atoms with Crippen molar-refractivity contribution in [1.29, 1.82) is 0 Å². The summed E-state index contributed by atoms with van der Waals surface area (Å²) in [6.07, 6.45) is -0.614. The molecular weight excluding hydrogens is 258 g/mol. The SMILES string of the molecule is COc1ccc([C@@H](C)O)c(OCc2nnc(C)n2C)c1. The van der Waals surface area contributed by atoms with Gasteiger partial charge in [0.15, 0.2) is 5.82 Å². The number of nitrogens with zero attached hydrogens (tertiary/aromatic N) is 3. The Morgan fingerprint density at radius 1 is 1.35 bits per heavy atom. The van der Waals surface area contributed by atoms with Gasteiger partial charge in [-0.05, 0) is 26.0 Å². The van der Waals surface area contributed by atoms with E-state index < -0.39 is 6.10 Å². The second-order valence-corrected chi connectivity index (χ2v) is 4.59. The molecule has 0 aliphatic heterocycles. The summed E-state index contributed by atoms with van der Waals surface area (Å²) in [5.74, 6) is 2.81. The van der Waals surface area contributed by atoms with E-state index in [1.54, 1.807) is 32.2 Å². The average molecular weight is 277 g/mol. The number of aliphatic hydroxyl groups excluding tert-OH is 1. The minimum Gasteiger partial charge on any atom is -0.497 e. The lowest BCUT2D eigenvalue weighted by molar-refractivity contribution is 0.189. The van der Waals surface area contributed by atoms with Crippen LogP contribution in [0.5, 0.6) is 11.5 Å². The van der Waals surface area contributed by atoms with Crippen molar-refractivity contribution in [1.82, 2.24) is 14.8 Å². The van der Waals surface area contributed by atoms with Crippen molar-refractivity contribution in [2.45, 2.75) is 26.6 Å². The zero-order chi connectivity index (χ0) is 14.7. The molecule has 6 nitrogen and oxygen atoms in total. The fourth-order valence-corrected chi connectivity index (χ4v) is 1.83. The number of methoxy groups -OCH3 is 1. The number of aryl methyl sites for hydroxylation is 1. The van der Waals surface area contributed by atoms with Crippen LogP contribution in [0.3, 0.4) is 0 Å². The maximum atomic E-state index is 9.77. The molecule has 2 aromatic rings. The van der Waals surface area contributed by atoms with E-state index in [0.717, 1.165) is 11.6 Å². The van der Waals surface area contributed by atoms with E-state index in [4.69, 9.17) is 9.47 Å². The van der Waals surface area contributed by atoms with Crippen molar-refractivity contribution in [2.75, 3.05) is 7.11 Å². The number of hydrogen-bond donors (Lipinski definition) is 1. The Hall–Kier alpha value is -2.08. The molecule has 0 aliphatic rings. The molecule has 0 saturated carbocycles. The second-order valence-electron chi connectivity index (χ2n) is 4.59. The summed E-state index contributed by atoms with van der Waals surface area (Å²) in [5, 5.41) is 17.8. The third-order valence-electron chi connectivity index (χ3n) is 3.21. The van der Waals surface area contributed by atoms with E-state index in [-0.39, 0.29) is 6.61 Å². The topological polar surface area (TPSA) is 69.4 Å². The van der Waals surface area contributed by atoms with Crippen molar-refractivity contribution in [3.8, 4) is 11.5 Å². The minimum atomic E-state index is -0.614. The normalized spacial score (nSPS) is 12.2. The Morgan fingerprint density at radius 2 is 2.10 bits per heavy atom. The van der Waals surface area contributed by atoms with Gasteiger partial charge < -0.3 is 19.1 Å². The summed E-state index contributed by atoms with van der Waals surface area (Å²) in [6, 6.07) is 5.34. The van der Waals surface area contributed by atoms with Crippen molar-refractivity contribution in [3.63, 3.8) is 0 Å². The van der Waals surface area contributed by atoms with Gasteiger partial charge in [-0.2, -0.15) is 0 Å². The Bertz CT molecular complexity index is 593. The van der Waals surface area contributed by atoms with Gasteiger partial charge in [-0.1, -0.05) is 0 Å². The molecule has 0 spiro atoms. The molecule has 6 heteroatoms. The fraction of sp³-hybridized carbons (Fsp3) is 0.429. The Balaban J connectivity index is 2.21. The summed E-state index contributed by atoms with van der Waals surface area (Å²) in [4.78, 5) is 0. The molecule has 2 rings (SSSR count). The quantitative estimate of drug-likeness (QED) is 0.902. The molecule has 108 valence electrons. The van der Waals surface area contributed by atoms with Crippen LogP contribution in [0.25, 0.3) is 0 Å². The van der Waals surface area contributed by atoms with E-state index in [1.165, 1.54) is 0 Å². The molecule has 0 radical (unpaired) electrons. The molecule has 0 fully saturated rings. The van der Waals surface area contributed by atoms with E-state index >= 15 is 0 Å². The first-order chi connectivity index (χ1) is 9.52. The molecule has 1 aromatic carbocycles. The van der Waals surface area contributed by atoms with Crippen LogP contribution < -0.4 is 9.47 Å². The number of ether oxygens (including phenoxy) is 2. The Morgan fingerprint density at radius 3 is 2.65 bits per heavy atom. The number of aromatic nitrogens is 3. The largest absolute Gasteiger partial charge is 0.497 e. The van der Waals surface area contributed by atoms with Crippen molar-refractivity contribution < 1.29 is 14.6 Å². The summed E-state index contributed by atoms with van der Waals surface area (Å²) in [7, 11) is 3.47. The molecule has 1 aromatic heterocycles. The van der Waals surface area contributed by atoms with Gasteiger partial charge in [0.25, 0.3) is 0 Å². The van der Waals surface area contributed by atoms with Crippen LogP contribution in [0.2, 0.25) is 0 Å². The molecule has 0 bridgehead atoms. The van der Waals surface area contributed by atoms with E-state index in [2.05, 4.69) is 10.2 Å². The molecule has 1 atom stereocenters. The highest BCUT2D eigenvalue weighted by molar-refractivity contribution is 5.41. The number of benzene rings is 1. The number of rotatable bonds is 5. The van der Waals surface area contributed by atoms with Gasteiger partial charge in [0.1, 0.15) is 23.9 Å². The fourth-order valence-electron chi connectivity index (χ4n) is 1.83. The number of hydrogen-bond acceptors (Lipinski definition) is 5. The maximum absolute atomic E-state index is 9.77. The predicted octanol–water partition coefficient (Wildman–Crippen LogP) is 1.76. The lowest BCUT2D eigenvalue weighted by Crippen LogP contribution is -2.06. The second kappa shape index (κ2) is 5.92. The van der Waals surface area contributed by atoms with Crippen LogP contribution in [0.1, 0.15) is 30.2 Å². The zero-order valence-corrected chi connectivity index (χ0v) is 12.1. The third kappa shape index (κ3) is 2.91. The van der Waals surface area contributed by atoms with Crippen LogP contribution in [-0.2, 0) is 13.7 Å². The highest BCUT2D eigenvalue weighted by Crippen LogP contribution is 2.30. The summed E-state index contributed by atoms with van der Waals surface area (Å²) in [5.41, 5.74) is 0.713. The van der Waals surface area contributed by atoms with E-state index in [1.807, 2.05) is 18.5 Å². The lowest BCUT2D eigenvalue weighted by atomic mass is 10.1. The van der Waals surface area contributed by atoms with Crippen LogP contribution in [0.4, 0.5) is 0 Å². The monoisotopic (exact) mass is 277 g/mol. The standard InChI is InChI=1S/C14H19N3O3/c1-9(18)12-6-5-11(19-4)7-13(12)20-8-14-16-15-10(2)17(14)3/h5-7,9,18H,8H2,1-4H3/t9-/m1/s1. The van der Waals surface area contributed by atoms with Crippen molar-refractivity contribution in [2.24, 2.45) is 7.05 Å². The van der Waals surface area contributed by atoms with E-state index in [9.17, 15) is 5.11 Å². The first-order valence-corrected chi connectivity index (χ1v) is 6.36. The lowest BCUT2D eigenvalue weighted by Gasteiger charge is -2.14. The molecule has 0 saturated heterocycles. The van der Waals surface area contributed by atoms with Crippen LogP contribution in [-0.4, -0.2) is 27.0 Å². The Kier molecular flexibility index (Phi) is 4.24. The molecule has 0 amide bonds. The van der Waals surface area contributed by atoms with Gasteiger partial charge in [-0.25, -0.2) is 0 Å². The van der Waals surface area contributed by atoms with Crippen molar-refractivity contribution >= 4 is 0 Å². The van der Waals surface area contributed by atoms with Gasteiger partial charge in [-0.3, -0.25) is 0 Å². The average Bonchev–Trinajstić information content (AvgIpc) is 2.76. The van der Waals surface area contributed by atoms with Gasteiger partial charge in [0.2, 0.25) is 0 Å². The predicted molar refractivity (Wildman–Crippen MR) is 73.7 cm³/mol. The third-order valence-corrected chi connectivity index (χ3v) is 3.21. The van der Waals surface area contributed by atoms with Gasteiger partial charge in [0.05, 0.1) is 13.2 Å². The van der Waals surface area contributed by atoms with Crippen molar-refractivity contribution in [3.05, 3.63) is 35.4 Å². The van der Waals surface area contributed by atoms with Gasteiger partial charge in [-0.15, -0.1) is 10.2 Å². The Labute approximate surface area is 118 Å². The zero-order valence-electron chi connectivity index (χ0n) is 12.1. The van der Waals surface area contributed by atoms with Crippen LogP contribution in [0.15, 0.2) is 18.2 Å². The molecule has 0 aliphatic carbocycles. The maximum Gasteiger partial charge on any atom is 0.170 e. The smallest absolute Gasteiger partial charge is 0.170 e. The molecule has 20 heavy (non-hydrogen) atoms. The first kappa shape index (κ1) is 14.3. The van der Waals surface area contributed by atoms with Gasteiger partial charge in [0, 0.05) is 18.7 Å². The van der Waals surface area contributed by atoms with Crippen LogP contribution >= 0.6 is 0 Å². The first-order valence-electron chi connectivity index (χ1n) is 6.36. The highest BCUT2D eigenvalue weighted by Gasteiger charge is 2.12. The summed E-state index contributed by atoms with van der Waals surface area (Å²) >= 11 is 0. The molecule has 1 N–H and O–H groups in total. The molecular formula is C14H19N3O3. The summed E-state index contributed by atoms with van der Waals surface area (Å²) in [6.45, 7) is 3.86. The molecule has 0 unspecified atom stereocenters. The molecule has 1 heterocycles.